The third-order valence-corrected chi connectivity index (χ3v) is 5.13. The molecular formula is C26H23NO2. The molecule has 0 fully saturated rings. The molecule has 4 aromatic carbocycles. The second-order valence-electron chi connectivity index (χ2n) is 7.13. The summed E-state index contributed by atoms with van der Waals surface area (Å²) < 4.78 is 5.52. The van der Waals surface area contributed by atoms with Crippen LogP contribution in [0, 0.1) is 6.92 Å². The van der Waals surface area contributed by atoms with Crippen molar-refractivity contribution in [2.75, 3.05) is 7.11 Å². The minimum atomic E-state index is -0.250. The first-order chi connectivity index (χ1) is 14.2. The van der Waals surface area contributed by atoms with Crippen LogP contribution in [-0.4, -0.2) is 13.0 Å². The van der Waals surface area contributed by atoms with Gasteiger partial charge in [0, 0.05) is 0 Å². The van der Waals surface area contributed by atoms with E-state index in [4.69, 9.17) is 4.74 Å². The van der Waals surface area contributed by atoms with Crippen LogP contribution in [0.1, 0.15) is 33.1 Å². The van der Waals surface area contributed by atoms with Crippen LogP contribution in [0.5, 0.6) is 5.75 Å². The van der Waals surface area contributed by atoms with E-state index < -0.39 is 0 Å². The zero-order chi connectivity index (χ0) is 20.2. The van der Waals surface area contributed by atoms with E-state index in [1.165, 1.54) is 5.56 Å². The molecule has 0 radical (unpaired) electrons. The van der Waals surface area contributed by atoms with E-state index in [9.17, 15) is 4.79 Å². The molecule has 0 bridgehead atoms. The molecule has 4 rings (SSSR count). The van der Waals surface area contributed by atoms with Crippen molar-refractivity contribution in [2.45, 2.75) is 13.0 Å². The topological polar surface area (TPSA) is 38.3 Å². The molecule has 0 aliphatic rings. The molecule has 1 amide bonds. The Balaban J connectivity index is 1.73. The van der Waals surface area contributed by atoms with Gasteiger partial charge >= 0.3 is 0 Å². The molecule has 29 heavy (non-hydrogen) atoms. The first-order valence-electron chi connectivity index (χ1n) is 9.65. The Morgan fingerprint density at radius 2 is 1.38 bits per heavy atom. The van der Waals surface area contributed by atoms with Crippen molar-refractivity contribution in [1.29, 1.82) is 0 Å². The quantitative estimate of drug-likeness (QED) is 0.483. The summed E-state index contributed by atoms with van der Waals surface area (Å²) in [6.07, 6.45) is 0. The van der Waals surface area contributed by atoms with Gasteiger partial charge in [-0.25, -0.2) is 0 Å². The van der Waals surface area contributed by atoms with Crippen LogP contribution in [0.3, 0.4) is 0 Å². The van der Waals surface area contributed by atoms with Gasteiger partial charge in [-0.15, -0.1) is 0 Å². The summed E-state index contributed by atoms with van der Waals surface area (Å²) in [4.78, 5) is 13.3. The van der Waals surface area contributed by atoms with Crippen molar-refractivity contribution >= 4 is 16.7 Å². The van der Waals surface area contributed by atoms with Gasteiger partial charge in [0.15, 0.2) is 0 Å². The fourth-order valence-corrected chi connectivity index (χ4v) is 3.54. The fourth-order valence-electron chi connectivity index (χ4n) is 3.54. The predicted octanol–water partition coefficient (Wildman–Crippen LogP) is 5.68. The SMILES string of the molecule is COc1cc2ccccc2cc1C(=O)N[C@H](c1ccccc1)c1ccc(C)cc1. The van der Waals surface area contributed by atoms with Gasteiger partial charge in [-0.05, 0) is 41.0 Å². The second-order valence-corrected chi connectivity index (χ2v) is 7.13. The van der Waals surface area contributed by atoms with Crippen molar-refractivity contribution in [1.82, 2.24) is 5.32 Å². The third-order valence-electron chi connectivity index (χ3n) is 5.13. The Morgan fingerprint density at radius 1 is 0.793 bits per heavy atom. The van der Waals surface area contributed by atoms with Crippen LogP contribution in [0.15, 0.2) is 91.0 Å². The van der Waals surface area contributed by atoms with Gasteiger partial charge in [0.1, 0.15) is 5.75 Å². The summed E-state index contributed by atoms with van der Waals surface area (Å²) in [6, 6.07) is 29.8. The second kappa shape index (κ2) is 8.19. The average Bonchev–Trinajstić information content (AvgIpc) is 2.77. The lowest BCUT2D eigenvalue weighted by molar-refractivity contribution is 0.0940. The number of rotatable bonds is 5. The first kappa shape index (κ1) is 18.8. The fraction of sp³-hybridized carbons (Fsp3) is 0.115. The Morgan fingerprint density at radius 3 is 2.03 bits per heavy atom. The molecule has 0 aliphatic heterocycles. The van der Waals surface area contributed by atoms with Gasteiger partial charge < -0.3 is 10.1 Å². The molecule has 1 atom stereocenters. The van der Waals surface area contributed by atoms with E-state index in [1.54, 1.807) is 7.11 Å². The standard InChI is InChI=1S/C26H23NO2/c1-18-12-14-20(15-13-18)25(19-8-4-3-5-9-19)27-26(28)23-16-21-10-6-7-11-22(21)17-24(23)29-2/h3-17,25H,1-2H3,(H,27,28)/t25-/m1/s1. The number of amides is 1. The molecule has 1 N–H and O–H groups in total. The Labute approximate surface area is 171 Å². The highest BCUT2D eigenvalue weighted by Crippen LogP contribution is 2.28. The number of fused-ring (bicyclic) bond motifs is 1. The van der Waals surface area contributed by atoms with E-state index in [0.29, 0.717) is 11.3 Å². The van der Waals surface area contributed by atoms with Crippen molar-refractivity contribution < 1.29 is 9.53 Å². The molecule has 0 heterocycles. The van der Waals surface area contributed by atoms with Crippen LogP contribution in [0.25, 0.3) is 10.8 Å². The summed E-state index contributed by atoms with van der Waals surface area (Å²) >= 11 is 0. The van der Waals surface area contributed by atoms with Gasteiger partial charge in [0.25, 0.3) is 5.91 Å². The minimum absolute atomic E-state index is 0.165. The molecular weight excluding hydrogens is 358 g/mol. The Bertz CT molecular complexity index is 1130. The molecule has 0 spiro atoms. The van der Waals surface area contributed by atoms with E-state index in [-0.39, 0.29) is 11.9 Å². The molecule has 0 saturated carbocycles. The summed E-state index contributed by atoms with van der Waals surface area (Å²) in [5.74, 6) is 0.402. The summed E-state index contributed by atoms with van der Waals surface area (Å²) in [6.45, 7) is 2.06. The molecule has 0 aromatic heterocycles. The third kappa shape index (κ3) is 3.99. The summed E-state index contributed by atoms with van der Waals surface area (Å²) in [5, 5.41) is 5.25. The first-order valence-corrected chi connectivity index (χ1v) is 9.65. The average molecular weight is 381 g/mol. The highest BCUT2D eigenvalue weighted by Gasteiger charge is 2.20. The van der Waals surface area contributed by atoms with Gasteiger partial charge in [-0.2, -0.15) is 0 Å². The van der Waals surface area contributed by atoms with Crippen molar-refractivity contribution in [3.05, 3.63) is 113 Å². The Kier molecular flexibility index (Phi) is 5.30. The number of carbonyl (C=O) groups excluding carboxylic acids is 1. The van der Waals surface area contributed by atoms with E-state index >= 15 is 0 Å². The van der Waals surface area contributed by atoms with Crippen LogP contribution in [0.2, 0.25) is 0 Å². The van der Waals surface area contributed by atoms with Crippen LogP contribution < -0.4 is 10.1 Å². The molecule has 0 saturated heterocycles. The lowest BCUT2D eigenvalue weighted by Gasteiger charge is -2.21. The van der Waals surface area contributed by atoms with Gasteiger partial charge in [-0.3, -0.25) is 4.79 Å². The van der Waals surface area contributed by atoms with E-state index in [0.717, 1.165) is 21.9 Å². The highest BCUT2D eigenvalue weighted by atomic mass is 16.5. The number of aryl methyl sites for hydroxylation is 1. The van der Waals surface area contributed by atoms with Crippen molar-refractivity contribution in [2.24, 2.45) is 0 Å². The van der Waals surface area contributed by atoms with Gasteiger partial charge in [0.2, 0.25) is 0 Å². The molecule has 0 aliphatic carbocycles. The zero-order valence-corrected chi connectivity index (χ0v) is 16.6. The van der Waals surface area contributed by atoms with Crippen LogP contribution in [0.4, 0.5) is 0 Å². The smallest absolute Gasteiger partial charge is 0.255 e. The molecule has 3 heteroatoms. The minimum Gasteiger partial charge on any atom is -0.496 e. The lowest BCUT2D eigenvalue weighted by Crippen LogP contribution is -2.29. The molecule has 3 nitrogen and oxygen atoms in total. The van der Waals surface area contributed by atoms with E-state index in [2.05, 4.69) is 36.5 Å². The van der Waals surface area contributed by atoms with Gasteiger partial charge in [0.05, 0.1) is 18.7 Å². The predicted molar refractivity (Wildman–Crippen MR) is 117 cm³/mol. The molecule has 4 aromatic rings. The number of carbonyl (C=O) groups is 1. The lowest BCUT2D eigenvalue weighted by atomic mass is 9.97. The largest absolute Gasteiger partial charge is 0.496 e. The summed E-state index contributed by atoms with van der Waals surface area (Å²) in [5.41, 5.74) is 3.78. The van der Waals surface area contributed by atoms with E-state index in [1.807, 2.05) is 66.7 Å². The Hall–Kier alpha value is -3.59. The maximum absolute atomic E-state index is 13.3. The highest BCUT2D eigenvalue weighted by molar-refractivity contribution is 6.02. The van der Waals surface area contributed by atoms with Crippen LogP contribution in [-0.2, 0) is 0 Å². The number of benzene rings is 4. The summed E-state index contributed by atoms with van der Waals surface area (Å²) in [7, 11) is 1.59. The van der Waals surface area contributed by atoms with Gasteiger partial charge in [-0.1, -0.05) is 84.4 Å². The van der Waals surface area contributed by atoms with Crippen LogP contribution >= 0.6 is 0 Å². The molecule has 144 valence electrons. The number of ether oxygens (including phenoxy) is 1. The maximum atomic E-state index is 13.3. The number of nitrogens with one attached hydrogen (secondary N) is 1. The zero-order valence-electron chi connectivity index (χ0n) is 16.6. The normalized spacial score (nSPS) is 11.8. The maximum Gasteiger partial charge on any atom is 0.255 e. The monoisotopic (exact) mass is 381 g/mol. The number of hydrogen-bond acceptors (Lipinski definition) is 2. The number of hydrogen-bond donors (Lipinski definition) is 1. The molecule has 0 unspecified atom stereocenters. The number of methoxy groups -OCH3 is 1. The van der Waals surface area contributed by atoms with Crippen molar-refractivity contribution in [3.8, 4) is 5.75 Å². The van der Waals surface area contributed by atoms with Crippen molar-refractivity contribution in [3.63, 3.8) is 0 Å².